The van der Waals surface area contributed by atoms with E-state index in [1.807, 2.05) is 60.4 Å². The predicted octanol–water partition coefficient (Wildman–Crippen LogP) is 4.70. The average Bonchev–Trinajstić information content (AvgIpc) is 3.01. The molecule has 4 aromatic rings. The molecule has 5 rings (SSSR count). The lowest BCUT2D eigenvalue weighted by Crippen LogP contribution is -2.35. The van der Waals surface area contributed by atoms with Crippen LogP contribution in [0.15, 0.2) is 72.8 Å². The molecule has 1 fully saturated rings. The lowest BCUT2D eigenvalue weighted by molar-refractivity contribution is 0.0767. The van der Waals surface area contributed by atoms with Crippen LogP contribution in [0.4, 0.5) is 5.69 Å². The smallest absolute Gasteiger partial charge is 0.253 e. The number of aryl methyl sites for hydroxylation is 1. The molecule has 0 N–H and O–H groups in total. The summed E-state index contributed by atoms with van der Waals surface area (Å²) in [6.45, 7) is 5.18. The Labute approximate surface area is 194 Å². The van der Waals surface area contributed by atoms with Crippen molar-refractivity contribution in [1.82, 2.24) is 14.5 Å². The highest BCUT2D eigenvalue weighted by atomic mass is 16.5. The fraction of sp³-hybridized carbons (Fsp3) is 0.259. The Balaban J connectivity index is 1.34. The van der Waals surface area contributed by atoms with E-state index in [2.05, 4.69) is 33.7 Å². The van der Waals surface area contributed by atoms with E-state index in [1.165, 1.54) is 0 Å². The summed E-state index contributed by atoms with van der Waals surface area (Å²) in [7, 11) is 1.68. The number of fused-ring (bicyclic) bond motifs is 1. The van der Waals surface area contributed by atoms with E-state index < -0.39 is 0 Å². The molecule has 1 aromatic heterocycles. The first-order chi connectivity index (χ1) is 16.1. The molecule has 1 aliphatic rings. The van der Waals surface area contributed by atoms with Crippen molar-refractivity contribution >= 4 is 22.6 Å². The van der Waals surface area contributed by atoms with Crippen LogP contribution in [0.3, 0.4) is 0 Å². The predicted molar refractivity (Wildman–Crippen MR) is 132 cm³/mol. The summed E-state index contributed by atoms with van der Waals surface area (Å²) in [5.41, 5.74) is 4.78. The molecule has 33 heavy (non-hydrogen) atoms. The summed E-state index contributed by atoms with van der Waals surface area (Å²) in [5.74, 6) is 1.83. The van der Waals surface area contributed by atoms with Gasteiger partial charge in [-0.2, -0.15) is 0 Å². The molecule has 6 nitrogen and oxygen atoms in total. The first-order valence-electron chi connectivity index (χ1n) is 11.4. The van der Waals surface area contributed by atoms with Gasteiger partial charge in [0, 0.05) is 43.1 Å². The molecular weight excluding hydrogens is 412 g/mol. The molecule has 0 atom stereocenters. The number of carbonyl (C=O) groups is 1. The molecule has 1 aliphatic heterocycles. The number of ether oxygens (including phenoxy) is 1. The first-order valence-corrected chi connectivity index (χ1v) is 11.4. The zero-order valence-electron chi connectivity index (χ0n) is 19.1. The number of carbonyl (C=O) groups excluding carboxylic acids is 1. The number of benzene rings is 3. The standard InChI is InChI=1S/C27H28N4O2/c1-20-28-25-19-21(9-14-26(25)31(20)23-7-4-3-5-8-23)27(32)30-16-6-15-29(17-18-30)22-10-12-24(33-2)13-11-22/h3-5,7-14,19H,6,15-18H2,1-2H3. The van der Waals surface area contributed by atoms with Crippen LogP contribution >= 0.6 is 0 Å². The monoisotopic (exact) mass is 440 g/mol. The number of hydrogen-bond donors (Lipinski definition) is 0. The van der Waals surface area contributed by atoms with Crippen molar-refractivity contribution in [3.05, 3.63) is 84.2 Å². The Morgan fingerprint density at radius 3 is 2.42 bits per heavy atom. The Kier molecular flexibility index (Phi) is 5.73. The van der Waals surface area contributed by atoms with Gasteiger partial charge in [-0.3, -0.25) is 9.36 Å². The third-order valence-corrected chi connectivity index (χ3v) is 6.30. The minimum Gasteiger partial charge on any atom is -0.497 e. The number of methoxy groups -OCH3 is 1. The van der Waals surface area contributed by atoms with Gasteiger partial charge in [-0.05, 0) is 67.9 Å². The molecule has 0 unspecified atom stereocenters. The van der Waals surface area contributed by atoms with Gasteiger partial charge in [-0.25, -0.2) is 4.98 Å². The Morgan fingerprint density at radius 2 is 1.67 bits per heavy atom. The molecule has 2 heterocycles. The van der Waals surface area contributed by atoms with Crippen LogP contribution in [0.1, 0.15) is 22.6 Å². The van der Waals surface area contributed by atoms with Crippen LogP contribution in [0.2, 0.25) is 0 Å². The van der Waals surface area contributed by atoms with Crippen molar-refractivity contribution in [2.24, 2.45) is 0 Å². The van der Waals surface area contributed by atoms with Crippen molar-refractivity contribution < 1.29 is 9.53 Å². The summed E-state index contributed by atoms with van der Waals surface area (Å²) in [6, 6.07) is 24.2. The number of hydrogen-bond acceptors (Lipinski definition) is 4. The number of amides is 1. The molecule has 0 saturated carbocycles. The van der Waals surface area contributed by atoms with Crippen LogP contribution in [-0.2, 0) is 0 Å². The van der Waals surface area contributed by atoms with Gasteiger partial charge < -0.3 is 14.5 Å². The molecule has 1 saturated heterocycles. The van der Waals surface area contributed by atoms with Crippen molar-refractivity contribution in [3.63, 3.8) is 0 Å². The lowest BCUT2D eigenvalue weighted by atomic mass is 10.1. The molecule has 168 valence electrons. The van der Waals surface area contributed by atoms with E-state index in [-0.39, 0.29) is 5.91 Å². The maximum absolute atomic E-state index is 13.3. The number of rotatable bonds is 4. The van der Waals surface area contributed by atoms with Crippen LogP contribution in [0.25, 0.3) is 16.7 Å². The fourth-order valence-corrected chi connectivity index (χ4v) is 4.59. The second-order valence-corrected chi connectivity index (χ2v) is 8.36. The van der Waals surface area contributed by atoms with E-state index >= 15 is 0 Å². The highest BCUT2D eigenvalue weighted by Gasteiger charge is 2.21. The van der Waals surface area contributed by atoms with Crippen LogP contribution < -0.4 is 9.64 Å². The zero-order chi connectivity index (χ0) is 22.8. The minimum atomic E-state index is 0.0698. The van der Waals surface area contributed by atoms with Gasteiger partial charge in [-0.1, -0.05) is 18.2 Å². The maximum Gasteiger partial charge on any atom is 0.253 e. The van der Waals surface area contributed by atoms with E-state index in [1.54, 1.807) is 7.11 Å². The molecule has 0 aliphatic carbocycles. The van der Waals surface area contributed by atoms with Gasteiger partial charge in [0.15, 0.2) is 0 Å². The number of anilines is 1. The van der Waals surface area contributed by atoms with E-state index in [0.717, 1.165) is 60.0 Å². The molecule has 3 aromatic carbocycles. The molecular formula is C27H28N4O2. The molecule has 1 amide bonds. The van der Waals surface area contributed by atoms with Gasteiger partial charge in [-0.15, -0.1) is 0 Å². The third-order valence-electron chi connectivity index (χ3n) is 6.30. The quantitative estimate of drug-likeness (QED) is 0.462. The molecule has 6 heteroatoms. The number of nitrogens with zero attached hydrogens (tertiary/aromatic N) is 4. The summed E-state index contributed by atoms with van der Waals surface area (Å²) in [4.78, 5) is 22.4. The highest BCUT2D eigenvalue weighted by molar-refractivity contribution is 5.97. The van der Waals surface area contributed by atoms with Crippen molar-refractivity contribution in [2.45, 2.75) is 13.3 Å². The maximum atomic E-state index is 13.3. The van der Waals surface area contributed by atoms with E-state index in [9.17, 15) is 4.79 Å². The van der Waals surface area contributed by atoms with Crippen LogP contribution in [0.5, 0.6) is 5.75 Å². The SMILES string of the molecule is COc1ccc(N2CCCN(C(=O)c3ccc4c(c3)nc(C)n4-c3ccccc3)CC2)cc1. The third kappa shape index (κ3) is 4.16. The molecule has 0 radical (unpaired) electrons. The number of aromatic nitrogens is 2. The Hall–Kier alpha value is -3.80. The highest BCUT2D eigenvalue weighted by Crippen LogP contribution is 2.24. The Morgan fingerprint density at radius 1 is 0.879 bits per heavy atom. The largest absolute Gasteiger partial charge is 0.497 e. The zero-order valence-corrected chi connectivity index (χ0v) is 19.1. The summed E-state index contributed by atoms with van der Waals surface area (Å²) in [5, 5.41) is 0. The minimum absolute atomic E-state index is 0.0698. The molecule has 0 bridgehead atoms. The number of para-hydroxylation sites is 1. The van der Waals surface area contributed by atoms with Gasteiger partial charge in [0.25, 0.3) is 5.91 Å². The lowest BCUT2D eigenvalue weighted by Gasteiger charge is -2.24. The fourth-order valence-electron chi connectivity index (χ4n) is 4.59. The summed E-state index contributed by atoms with van der Waals surface area (Å²) >= 11 is 0. The van der Waals surface area contributed by atoms with Gasteiger partial charge in [0.2, 0.25) is 0 Å². The van der Waals surface area contributed by atoms with Gasteiger partial charge >= 0.3 is 0 Å². The van der Waals surface area contributed by atoms with Gasteiger partial charge in [0.1, 0.15) is 11.6 Å². The average molecular weight is 441 g/mol. The van der Waals surface area contributed by atoms with Crippen molar-refractivity contribution in [1.29, 1.82) is 0 Å². The van der Waals surface area contributed by atoms with Gasteiger partial charge in [0.05, 0.1) is 18.1 Å². The normalized spacial score (nSPS) is 14.4. The van der Waals surface area contributed by atoms with Crippen LogP contribution in [0, 0.1) is 6.92 Å². The van der Waals surface area contributed by atoms with Crippen molar-refractivity contribution in [3.8, 4) is 11.4 Å². The Bertz CT molecular complexity index is 1260. The van der Waals surface area contributed by atoms with Crippen LogP contribution in [-0.4, -0.2) is 53.6 Å². The van der Waals surface area contributed by atoms with Crippen molar-refractivity contribution in [2.75, 3.05) is 38.2 Å². The summed E-state index contributed by atoms with van der Waals surface area (Å²) in [6.07, 6.45) is 0.932. The first kappa shape index (κ1) is 21.1. The number of imidazole rings is 1. The topological polar surface area (TPSA) is 50.6 Å². The van der Waals surface area contributed by atoms with E-state index in [0.29, 0.717) is 12.1 Å². The second kappa shape index (κ2) is 8.98. The molecule has 0 spiro atoms. The second-order valence-electron chi connectivity index (χ2n) is 8.36. The summed E-state index contributed by atoms with van der Waals surface area (Å²) < 4.78 is 7.39. The van der Waals surface area contributed by atoms with E-state index in [4.69, 9.17) is 9.72 Å².